The highest BCUT2D eigenvalue weighted by atomic mass is 32.1. The lowest BCUT2D eigenvalue weighted by Gasteiger charge is -2.10. The molecular formula is C12H11FN2OS. The Morgan fingerprint density at radius 3 is 2.88 bits per heavy atom. The van der Waals surface area contributed by atoms with E-state index in [4.69, 9.17) is 17.0 Å². The summed E-state index contributed by atoms with van der Waals surface area (Å²) in [6.07, 6.45) is 1.48. The number of nitrogens with one attached hydrogen (secondary N) is 1. The molecule has 0 bridgehead atoms. The zero-order valence-corrected chi connectivity index (χ0v) is 10.3. The quantitative estimate of drug-likeness (QED) is 0.831. The fourth-order valence-corrected chi connectivity index (χ4v) is 1.88. The zero-order valence-electron chi connectivity index (χ0n) is 9.45. The van der Waals surface area contributed by atoms with E-state index in [1.165, 1.54) is 25.6 Å². The first-order valence-electron chi connectivity index (χ1n) is 5.01. The minimum absolute atomic E-state index is 0.302. The Morgan fingerprint density at radius 1 is 1.41 bits per heavy atom. The summed E-state index contributed by atoms with van der Waals surface area (Å²) >= 11 is 5.06. The molecule has 88 valence electrons. The second-order valence-corrected chi connectivity index (χ2v) is 3.96. The molecule has 17 heavy (non-hydrogen) atoms. The number of nitrogens with zero attached hydrogens (tertiary/aromatic N) is 1. The minimum atomic E-state index is -0.302. The fourth-order valence-electron chi connectivity index (χ4n) is 1.64. The van der Waals surface area contributed by atoms with Gasteiger partial charge < -0.3 is 9.72 Å². The van der Waals surface area contributed by atoms with Gasteiger partial charge in [0.1, 0.15) is 5.82 Å². The number of rotatable bonds is 2. The molecule has 1 N–H and O–H groups in total. The average molecular weight is 250 g/mol. The van der Waals surface area contributed by atoms with E-state index in [1.807, 2.05) is 6.92 Å². The molecule has 0 fully saturated rings. The Morgan fingerprint density at radius 2 is 2.18 bits per heavy atom. The predicted molar refractivity (Wildman–Crippen MR) is 66.1 cm³/mol. The lowest BCUT2D eigenvalue weighted by molar-refractivity contribution is 0.410. The fraction of sp³-hybridized carbons (Fsp3) is 0.167. The summed E-state index contributed by atoms with van der Waals surface area (Å²) in [7, 11) is 1.51. The zero-order chi connectivity index (χ0) is 12.4. The van der Waals surface area contributed by atoms with Crippen LogP contribution in [0.25, 0.3) is 11.3 Å². The van der Waals surface area contributed by atoms with Crippen LogP contribution in [0.5, 0.6) is 5.75 Å². The van der Waals surface area contributed by atoms with Crippen molar-refractivity contribution in [2.24, 2.45) is 0 Å². The summed E-state index contributed by atoms with van der Waals surface area (Å²) in [5.74, 6) is 0.153. The van der Waals surface area contributed by atoms with Crippen molar-refractivity contribution in [3.8, 4) is 17.0 Å². The molecule has 0 aliphatic heterocycles. The number of aromatic nitrogens is 2. The van der Waals surface area contributed by atoms with Crippen molar-refractivity contribution in [3.05, 3.63) is 40.5 Å². The molecule has 1 aromatic heterocycles. The van der Waals surface area contributed by atoms with Crippen LogP contribution >= 0.6 is 12.2 Å². The van der Waals surface area contributed by atoms with Gasteiger partial charge in [0, 0.05) is 5.56 Å². The Bertz CT molecular complexity index is 610. The lowest BCUT2D eigenvalue weighted by Crippen LogP contribution is -1.96. The number of methoxy groups -OCH3 is 1. The largest absolute Gasteiger partial charge is 0.491 e. The SMILES string of the molecule is COc1c(-c2cc(F)ccc2C)[nH]cnc1=S. The van der Waals surface area contributed by atoms with Gasteiger partial charge in [0.15, 0.2) is 10.4 Å². The van der Waals surface area contributed by atoms with Gasteiger partial charge in [-0.2, -0.15) is 0 Å². The number of ether oxygens (including phenoxy) is 1. The van der Waals surface area contributed by atoms with Gasteiger partial charge >= 0.3 is 0 Å². The van der Waals surface area contributed by atoms with Crippen LogP contribution in [0.1, 0.15) is 5.56 Å². The number of hydrogen-bond acceptors (Lipinski definition) is 3. The molecule has 0 amide bonds. The first kappa shape index (κ1) is 11.7. The van der Waals surface area contributed by atoms with E-state index in [9.17, 15) is 4.39 Å². The first-order valence-corrected chi connectivity index (χ1v) is 5.42. The number of H-pyrrole nitrogens is 1. The van der Waals surface area contributed by atoms with Crippen molar-refractivity contribution in [2.75, 3.05) is 7.11 Å². The Balaban J connectivity index is 2.72. The molecule has 1 aromatic carbocycles. The van der Waals surface area contributed by atoms with E-state index in [0.717, 1.165) is 11.1 Å². The Kier molecular flexibility index (Phi) is 3.19. The second kappa shape index (κ2) is 4.63. The molecule has 0 saturated heterocycles. The van der Waals surface area contributed by atoms with Crippen LogP contribution in [0.3, 0.4) is 0 Å². The number of aryl methyl sites for hydroxylation is 1. The Hall–Kier alpha value is -1.75. The Labute approximate surface area is 103 Å². The predicted octanol–water partition coefficient (Wildman–Crippen LogP) is 3.26. The van der Waals surface area contributed by atoms with Crippen LogP contribution in [0.4, 0.5) is 4.39 Å². The van der Waals surface area contributed by atoms with Crippen LogP contribution in [0, 0.1) is 17.4 Å². The van der Waals surface area contributed by atoms with E-state index in [0.29, 0.717) is 16.1 Å². The molecule has 0 unspecified atom stereocenters. The van der Waals surface area contributed by atoms with Crippen molar-refractivity contribution in [3.63, 3.8) is 0 Å². The van der Waals surface area contributed by atoms with Gasteiger partial charge in [0.05, 0.1) is 19.1 Å². The van der Waals surface area contributed by atoms with Crippen molar-refractivity contribution >= 4 is 12.2 Å². The molecule has 5 heteroatoms. The van der Waals surface area contributed by atoms with E-state index in [-0.39, 0.29) is 5.82 Å². The maximum atomic E-state index is 13.3. The molecule has 2 rings (SSSR count). The molecule has 0 radical (unpaired) electrons. The molecule has 0 atom stereocenters. The third kappa shape index (κ3) is 2.19. The number of hydrogen-bond donors (Lipinski definition) is 1. The van der Waals surface area contributed by atoms with Gasteiger partial charge in [-0.1, -0.05) is 18.3 Å². The molecule has 0 aliphatic carbocycles. The summed E-state index contributed by atoms with van der Waals surface area (Å²) < 4.78 is 18.8. The van der Waals surface area contributed by atoms with Crippen molar-refractivity contribution in [1.82, 2.24) is 9.97 Å². The molecule has 0 aliphatic rings. The maximum Gasteiger partial charge on any atom is 0.179 e. The molecule has 0 spiro atoms. The summed E-state index contributed by atoms with van der Waals surface area (Å²) in [5, 5.41) is 0. The molecular weight excluding hydrogens is 239 g/mol. The smallest absolute Gasteiger partial charge is 0.179 e. The van der Waals surface area contributed by atoms with Crippen LogP contribution in [0.2, 0.25) is 0 Å². The number of aromatic amines is 1. The number of benzene rings is 1. The van der Waals surface area contributed by atoms with Crippen LogP contribution in [-0.2, 0) is 0 Å². The molecule has 2 aromatic rings. The molecule has 0 saturated carbocycles. The maximum absolute atomic E-state index is 13.3. The standard InChI is InChI=1S/C12H11FN2OS/c1-7-3-4-8(13)5-9(7)10-11(16-2)12(17)15-6-14-10/h3-6H,1-2H3,(H,14,15,17). The summed E-state index contributed by atoms with van der Waals surface area (Å²) in [5.41, 5.74) is 2.29. The van der Waals surface area contributed by atoms with Gasteiger partial charge in [0.2, 0.25) is 0 Å². The van der Waals surface area contributed by atoms with Gasteiger partial charge in [0.25, 0.3) is 0 Å². The van der Waals surface area contributed by atoms with Crippen molar-refractivity contribution < 1.29 is 9.13 Å². The monoisotopic (exact) mass is 250 g/mol. The first-order chi connectivity index (χ1) is 8.13. The lowest BCUT2D eigenvalue weighted by atomic mass is 10.0. The average Bonchev–Trinajstić information content (AvgIpc) is 2.32. The second-order valence-electron chi connectivity index (χ2n) is 3.58. The van der Waals surface area contributed by atoms with Gasteiger partial charge in [-0.25, -0.2) is 9.37 Å². The summed E-state index contributed by atoms with van der Waals surface area (Å²) in [4.78, 5) is 6.87. The topological polar surface area (TPSA) is 37.9 Å². The van der Waals surface area contributed by atoms with E-state index < -0.39 is 0 Å². The van der Waals surface area contributed by atoms with Crippen LogP contribution in [0.15, 0.2) is 24.5 Å². The van der Waals surface area contributed by atoms with Crippen LogP contribution in [-0.4, -0.2) is 17.1 Å². The molecule has 3 nitrogen and oxygen atoms in total. The minimum Gasteiger partial charge on any atom is -0.491 e. The van der Waals surface area contributed by atoms with E-state index in [2.05, 4.69) is 9.97 Å². The number of halogens is 1. The van der Waals surface area contributed by atoms with Gasteiger partial charge in [-0.05, 0) is 24.6 Å². The van der Waals surface area contributed by atoms with E-state index in [1.54, 1.807) is 6.07 Å². The van der Waals surface area contributed by atoms with Gasteiger partial charge in [-0.3, -0.25) is 0 Å². The van der Waals surface area contributed by atoms with Crippen LogP contribution < -0.4 is 4.74 Å². The highest BCUT2D eigenvalue weighted by Gasteiger charge is 2.11. The highest BCUT2D eigenvalue weighted by molar-refractivity contribution is 7.71. The highest BCUT2D eigenvalue weighted by Crippen LogP contribution is 2.30. The normalized spacial score (nSPS) is 10.3. The summed E-state index contributed by atoms with van der Waals surface area (Å²) in [6.45, 7) is 1.89. The van der Waals surface area contributed by atoms with Crippen molar-refractivity contribution in [1.29, 1.82) is 0 Å². The molecule has 1 heterocycles. The third-order valence-electron chi connectivity index (χ3n) is 2.49. The van der Waals surface area contributed by atoms with Gasteiger partial charge in [-0.15, -0.1) is 0 Å². The van der Waals surface area contributed by atoms with E-state index >= 15 is 0 Å². The third-order valence-corrected chi connectivity index (χ3v) is 2.78. The summed E-state index contributed by atoms with van der Waals surface area (Å²) in [6, 6.07) is 4.57. The van der Waals surface area contributed by atoms with Crippen molar-refractivity contribution in [2.45, 2.75) is 6.92 Å².